The number of rotatable bonds is 5. The molecule has 0 unspecified atom stereocenters. The van der Waals surface area contributed by atoms with Crippen molar-refractivity contribution in [2.45, 2.75) is 6.04 Å². The standard InChI is InChI=1S/C16H18BrN3O2S/c17-13-8-12(9-18-10-13)16(21)19-11-14(15-2-1-7-23-15)20-3-5-22-6-4-20/h1-2,7-10,14H,3-6,11H2,(H,19,21)/t14-/m0/s1. The summed E-state index contributed by atoms with van der Waals surface area (Å²) < 4.78 is 6.24. The number of nitrogens with zero attached hydrogens (tertiary/aromatic N) is 2. The number of pyridine rings is 1. The van der Waals surface area contributed by atoms with Crippen LogP contribution in [0.5, 0.6) is 0 Å². The minimum atomic E-state index is -0.103. The van der Waals surface area contributed by atoms with Crippen LogP contribution in [0.25, 0.3) is 0 Å². The second-order valence-corrected chi connectivity index (χ2v) is 7.18. The zero-order valence-corrected chi connectivity index (χ0v) is 15.0. The van der Waals surface area contributed by atoms with E-state index in [0.717, 1.165) is 30.8 Å². The number of aromatic nitrogens is 1. The summed E-state index contributed by atoms with van der Waals surface area (Å²) in [6.45, 7) is 3.83. The van der Waals surface area contributed by atoms with Gasteiger partial charge >= 0.3 is 0 Å². The third-order valence-corrected chi connectivity index (χ3v) is 5.19. The average Bonchev–Trinajstić information content (AvgIpc) is 3.10. The third kappa shape index (κ3) is 4.38. The van der Waals surface area contributed by atoms with E-state index in [1.165, 1.54) is 4.88 Å². The molecule has 1 aliphatic heterocycles. The molecule has 1 atom stereocenters. The smallest absolute Gasteiger partial charge is 0.252 e. The predicted octanol–water partition coefficient (Wildman–Crippen LogP) is 2.71. The van der Waals surface area contributed by atoms with Gasteiger partial charge in [-0.3, -0.25) is 14.7 Å². The van der Waals surface area contributed by atoms with Gasteiger partial charge in [-0.15, -0.1) is 11.3 Å². The maximum absolute atomic E-state index is 12.3. The van der Waals surface area contributed by atoms with Crippen molar-refractivity contribution in [2.75, 3.05) is 32.8 Å². The Morgan fingerprint density at radius 1 is 1.43 bits per heavy atom. The molecule has 0 bridgehead atoms. The molecule has 0 saturated carbocycles. The highest BCUT2D eigenvalue weighted by Crippen LogP contribution is 2.25. The van der Waals surface area contributed by atoms with E-state index in [4.69, 9.17) is 4.74 Å². The Balaban J connectivity index is 1.67. The molecule has 0 radical (unpaired) electrons. The first-order chi connectivity index (χ1) is 11.2. The lowest BCUT2D eigenvalue weighted by molar-refractivity contribution is 0.0169. The van der Waals surface area contributed by atoms with E-state index in [0.29, 0.717) is 12.1 Å². The maximum Gasteiger partial charge on any atom is 0.252 e. The number of hydrogen-bond donors (Lipinski definition) is 1. The lowest BCUT2D eigenvalue weighted by atomic mass is 10.1. The van der Waals surface area contributed by atoms with Crippen LogP contribution in [0.15, 0.2) is 40.4 Å². The molecular weight excluding hydrogens is 378 g/mol. The highest BCUT2D eigenvalue weighted by Gasteiger charge is 2.24. The SMILES string of the molecule is O=C(NC[C@@H](c1cccs1)N1CCOCC1)c1cncc(Br)c1. The van der Waals surface area contributed by atoms with E-state index >= 15 is 0 Å². The fraction of sp³-hybridized carbons (Fsp3) is 0.375. The lowest BCUT2D eigenvalue weighted by Crippen LogP contribution is -2.43. The molecule has 1 aliphatic rings. The summed E-state index contributed by atoms with van der Waals surface area (Å²) >= 11 is 5.06. The molecule has 0 aliphatic carbocycles. The number of morpholine rings is 1. The van der Waals surface area contributed by atoms with Crippen molar-refractivity contribution in [2.24, 2.45) is 0 Å². The topological polar surface area (TPSA) is 54.5 Å². The minimum Gasteiger partial charge on any atom is -0.379 e. The van der Waals surface area contributed by atoms with Crippen molar-refractivity contribution in [1.29, 1.82) is 0 Å². The molecule has 2 aromatic heterocycles. The molecule has 0 aromatic carbocycles. The molecule has 1 N–H and O–H groups in total. The first kappa shape index (κ1) is 16.6. The van der Waals surface area contributed by atoms with Gasteiger partial charge in [0.15, 0.2) is 0 Å². The van der Waals surface area contributed by atoms with Crippen molar-refractivity contribution < 1.29 is 9.53 Å². The molecule has 7 heteroatoms. The number of nitrogens with one attached hydrogen (secondary N) is 1. The monoisotopic (exact) mass is 395 g/mol. The van der Waals surface area contributed by atoms with Crippen LogP contribution in [0.3, 0.4) is 0 Å². The summed E-state index contributed by atoms with van der Waals surface area (Å²) in [7, 11) is 0. The van der Waals surface area contributed by atoms with Crippen LogP contribution in [0.4, 0.5) is 0 Å². The van der Waals surface area contributed by atoms with Gasteiger partial charge in [0.25, 0.3) is 5.91 Å². The van der Waals surface area contributed by atoms with Crippen molar-refractivity contribution >= 4 is 33.2 Å². The Kier molecular flexibility index (Phi) is 5.77. The van der Waals surface area contributed by atoms with E-state index in [2.05, 4.69) is 42.6 Å². The summed E-state index contributed by atoms with van der Waals surface area (Å²) in [5.74, 6) is -0.103. The predicted molar refractivity (Wildman–Crippen MR) is 93.7 cm³/mol. The Morgan fingerprint density at radius 3 is 2.96 bits per heavy atom. The van der Waals surface area contributed by atoms with Crippen molar-refractivity contribution in [1.82, 2.24) is 15.2 Å². The largest absolute Gasteiger partial charge is 0.379 e. The molecular formula is C16H18BrN3O2S. The van der Waals surface area contributed by atoms with Crippen LogP contribution in [0.2, 0.25) is 0 Å². The van der Waals surface area contributed by atoms with Gasteiger partial charge in [0.05, 0.1) is 24.8 Å². The van der Waals surface area contributed by atoms with Crippen molar-refractivity contribution in [3.05, 3.63) is 50.9 Å². The van der Waals surface area contributed by atoms with Crippen molar-refractivity contribution in [3.63, 3.8) is 0 Å². The molecule has 3 heterocycles. The van der Waals surface area contributed by atoms with Crippen LogP contribution < -0.4 is 5.32 Å². The lowest BCUT2D eigenvalue weighted by Gasteiger charge is -2.34. The quantitative estimate of drug-likeness (QED) is 0.845. The number of carbonyl (C=O) groups excluding carboxylic acids is 1. The van der Waals surface area contributed by atoms with Crippen LogP contribution in [0, 0.1) is 0 Å². The second kappa shape index (κ2) is 8.01. The third-order valence-electron chi connectivity index (χ3n) is 3.78. The normalized spacial score (nSPS) is 16.9. The molecule has 1 saturated heterocycles. The summed E-state index contributed by atoms with van der Waals surface area (Å²) in [4.78, 5) is 20.0. The van der Waals surface area contributed by atoms with E-state index < -0.39 is 0 Å². The van der Waals surface area contributed by atoms with Gasteiger partial charge < -0.3 is 10.1 Å². The van der Waals surface area contributed by atoms with Crippen LogP contribution in [-0.4, -0.2) is 48.6 Å². The Morgan fingerprint density at radius 2 is 2.26 bits per heavy atom. The van der Waals surface area contributed by atoms with Gasteiger partial charge in [-0.05, 0) is 33.4 Å². The van der Waals surface area contributed by atoms with Crippen LogP contribution in [-0.2, 0) is 4.74 Å². The maximum atomic E-state index is 12.3. The Labute approximate surface area is 147 Å². The van der Waals surface area contributed by atoms with Gasteiger partial charge in [0.1, 0.15) is 0 Å². The Hall–Kier alpha value is -1.28. The van der Waals surface area contributed by atoms with Gasteiger partial charge in [-0.2, -0.15) is 0 Å². The van der Waals surface area contributed by atoms with E-state index in [9.17, 15) is 4.79 Å². The van der Waals surface area contributed by atoms with E-state index in [1.54, 1.807) is 29.8 Å². The molecule has 0 spiro atoms. The number of halogens is 1. The van der Waals surface area contributed by atoms with E-state index in [1.807, 2.05) is 6.07 Å². The number of amides is 1. The summed E-state index contributed by atoms with van der Waals surface area (Å²) in [6, 6.07) is 6.13. The zero-order chi connectivity index (χ0) is 16.1. The van der Waals surface area contributed by atoms with Crippen LogP contribution in [0.1, 0.15) is 21.3 Å². The summed E-state index contributed by atoms with van der Waals surface area (Å²) in [5, 5.41) is 5.11. The number of thiophene rings is 1. The molecule has 122 valence electrons. The molecule has 5 nitrogen and oxygen atoms in total. The van der Waals surface area contributed by atoms with Crippen LogP contribution >= 0.6 is 27.3 Å². The van der Waals surface area contributed by atoms with Crippen molar-refractivity contribution in [3.8, 4) is 0 Å². The fourth-order valence-corrected chi connectivity index (χ4v) is 3.83. The van der Waals surface area contributed by atoms with Gasteiger partial charge in [-0.25, -0.2) is 0 Å². The first-order valence-electron chi connectivity index (χ1n) is 7.48. The van der Waals surface area contributed by atoms with Gasteiger partial charge in [0.2, 0.25) is 0 Å². The highest BCUT2D eigenvalue weighted by molar-refractivity contribution is 9.10. The van der Waals surface area contributed by atoms with Gasteiger partial charge in [0, 0.05) is 41.4 Å². The molecule has 23 heavy (non-hydrogen) atoms. The zero-order valence-electron chi connectivity index (χ0n) is 12.6. The average molecular weight is 396 g/mol. The molecule has 2 aromatic rings. The second-order valence-electron chi connectivity index (χ2n) is 5.28. The number of carbonyl (C=O) groups is 1. The first-order valence-corrected chi connectivity index (χ1v) is 9.15. The minimum absolute atomic E-state index is 0.103. The number of ether oxygens (including phenoxy) is 1. The summed E-state index contributed by atoms with van der Waals surface area (Å²) in [6.07, 6.45) is 3.24. The van der Waals surface area contributed by atoms with E-state index in [-0.39, 0.29) is 11.9 Å². The number of hydrogen-bond acceptors (Lipinski definition) is 5. The molecule has 3 rings (SSSR count). The highest BCUT2D eigenvalue weighted by atomic mass is 79.9. The fourth-order valence-electron chi connectivity index (χ4n) is 2.61. The molecule has 1 fully saturated rings. The Bertz CT molecular complexity index is 645. The molecule has 1 amide bonds. The summed E-state index contributed by atoms with van der Waals surface area (Å²) in [5.41, 5.74) is 0.561. The van der Waals surface area contributed by atoms with Gasteiger partial charge in [-0.1, -0.05) is 6.07 Å².